The molecule has 0 aliphatic heterocycles. The van der Waals surface area contributed by atoms with Crippen molar-refractivity contribution in [1.82, 2.24) is 0 Å². The van der Waals surface area contributed by atoms with E-state index in [1.165, 1.54) is 5.57 Å². The minimum Gasteiger partial charge on any atom is -0.668 e. The van der Waals surface area contributed by atoms with E-state index in [9.17, 15) is 0 Å². The number of nitrogens with zero attached hydrogens (tertiary/aromatic N) is 3. The minimum absolute atomic E-state index is 0. The maximum atomic E-state index is 4.54. The van der Waals surface area contributed by atoms with Crippen LogP contribution in [0.15, 0.2) is 23.8 Å². The average molecular weight is 446 g/mol. The van der Waals surface area contributed by atoms with Gasteiger partial charge in [0.2, 0.25) is 0 Å². The van der Waals surface area contributed by atoms with Gasteiger partial charge in [-0.2, -0.15) is 28.2 Å². The van der Waals surface area contributed by atoms with Crippen LogP contribution in [0.2, 0.25) is 0 Å². The molecule has 0 N–H and O–H groups in total. The zero-order valence-electron chi connectivity index (χ0n) is 14.5. The monoisotopic (exact) mass is 447 g/mol. The minimum atomic E-state index is 0. The molecule has 0 aromatic carbocycles. The van der Waals surface area contributed by atoms with Crippen LogP contribution in [0.4, 0.5) is 0 Å². The molecule has 0 saturated heterocycles. The summed E-state index contributed by atoms with van der Waals surface area (Å²) in [6.45, 7) is 5.37. The standard InChI is InChI=1S/C11H18N.2C2H6N.CH3.Hf/c1-3-10(2)12-9-8-11-6-4-5-7-11;2*1-3-2;;/h4-6,10H,3,7-9H2,1-2H3;2*1-2H3;1H3;/q4*-1;+4. The summed E-state index contributed by atoms with van der Waals surface area (Å²) < 4.78 is 0. The smallest absolute Gasteiger partial charge is 0.668 e. The molecule has 116 valence electrons. The summed E-state index contributed by atoms with van der Waals surface area (Å²) in [5, 5.41) is 11.5. The molecule has 0 aromatic rings. The van der Waals surface area contributed by atoms with E-state index in [1.54, 1.807) is 28.2 Å². The number of rotatable bonds is 5. The fourth-order valence-corrected chi connectivity index (χ4v) is 1.23. The molecule has 0 fully saturated rings. The fraction of sp³-hybridized carbons (Fsp3) is 0.688. The predicted octanol–water partition coefficient (Wildman–Crippen LogP) is 5.12. The molecule has 3 nitrogen and oxygen atoms in total. The molecule has 0 saturated carbocycles. The molecule has 1 rings (SSSR count). The molecule has 1 unspecified atom stereocenters. The molecule has 1 aliphatic carbocycles. The summed E-state index contributed by atoms with van der Waals surface area (Å²) in [5.41, 5.74) is 1.53. The van der Waals surface area contributed by atoms with Crippen molar-refractivity contribution >= 4 is 0 Å². The van der Waals surface area contributed by atoms with Crippen molar-refractivity contribution in [3.05, 3.63) is 47.2 Å². The van der Waals surface area contributed by atoms with Crippen LogP contribution < -0.4 is 0 Å². The third-order valence-electron chi connectivity index (χ3n) is 2.31. The van der Waals surface area contributed by atoms with Gasteiger partial charge in [-0.1, -0.05) is 50.5 Å². The first-order valence-electron chi connectivity index (χ1n) is 6.63. The summed E-state index contributed by atoms with van der Waals surface area (Å²) in [7, 11) is 7.00. The van der Waals surface area contributed by atoms with E-state index >= 15 is 0 Å². The van der Waals surface area contributed by atoms with Gasteiger partial charge in [0.1, 0.15) is 0 Å². The van der Waals surface area contributed by atoms with Gasteiger partial charge < -0.3 is 23.4 Å². The molecule has 0 radical (unpaired) electrons. The second kappa shape index (κ2) is 24.3. The van der Waals surface area contributed by atoms with Gasteiger partial charge in [-0.15, -0.1) is 12.6 Å². The Morgan fingerprint density at radius 2 is 1.65 bits per heavy atom. The van der Waals surface area contributed by atoms with E-state index in [4.69, 9.17) is 0 Å². The Kier molecular flexibility index (Phi) is 34.5. The van der Waals surface area contributed by atoms with Crippen molar-refractivity contribution in [3.63, 3.8) is 0 Å². The first-order valence-corrected chi connectivity index (χ1v) is 6.63. The number of allylic oxidation sites excluding steroid dienone is 3. The van der Waals surface area contributed by atoms with Gasteiger partial charge in [-0.05, 0) is 6.42 Å². The summed E-state index contributed by atoms with van der Waals surface area (Å²) in [6, 6.07) is 0.542. The Labute approximate surface area is 146 Å². The molecular formula is C16H33HfN3. The zero-order chi connectivity index (χ0) is 14.2. The largest absolute Gasteiger partial charge is 4.00 e. The van der Waals surface area contributed by atoms with Crippen LogP contribution in [0.3, 0.4) is 0 Å². The predicted molar refractivity (Wildman–Crippen MR) is 91.3 cm³/mol. The Bertz CT molecular complexity index is 214. The molecular weight excluding hydrogens is 413 g/mol. The number of hydrogen-bond acceptors (Lipinski definition) is 0. The van der Waals surface area contributed by atoms with Crippen LogP contribution in [0.5, 0.6) is 0 Å². The average Bonchev–Trinajstić information content (AvgIpc) is 2.84. The summed E-state index contributed by atoms with van der Waals surface area (Å²) in [4.78, 5) is 0. The van der Waals surface area contributed by atoms with Gasteiger partial charge >= 0.3 is 25.8 Å². The Morgan fingerprint density at radius 1 is 1.15 bits per heavy atom. The zero-order valence-corrected chi connectivity index (χ0v) is 18.1. The maximum Gasteiger partial charge on any atom is 4.00 e. The van der Waals surface area contributed by atoms with Gasteiger partial charge in [0, 0.05) is 0 Å². The molecule has 0 spiro atoms. The van der Waals surface area contributed by atoms with Gasteiger partial charge in [0.05, 0.1) is 0 Å². The van der Waals surface area contributed by atoms with Crippen molar-refractivity contribution < 1.29 is 25.8 Å². The van der Waals surface area contributed by atoms with Crippen molar-refractivity contribution in [2.24, 2.45) is 0 Å². The van der Waals surface area contributed by atoms with Crippen LogP contribution >= 0.6 is 0 Å². The topological polar surface area (TPSA) is 42.3 Å². The van der Waals surface area contributed by atoms with E-state index in [1.807, 2.05) is 0 Å². The number of hydrogen-bond donors (Lipinski definition) is 0. The van der Waals surface area contributed by atoms with E-state index in [0.717, 1.165) is 25.8 Å². The molecule has 20 heavy (non-hydrogen) atoms. The first kappa shape index (κ1) is 28.4. The van der Waals surface area contributed by atoms with Gasteiger partial charge in [-0.25, -0.2) is 0 Å². The second-order valence-electron chi connectivity index (χ2n) is 4.27. The normalized spacial score (nSPS) is 12.6. The van der Waals surface area contributed by atoms with E-state index < -0.39 is 0 Å². The van der Waals surface area contributed by atoms with Crippen molar-refractivity contribution in [3.8, 4) is 0 Å². The molecule has 1 atom stereocenters. The third-order valence-corrected chi connectivity index (χ3v) is 2.31. The van der Waals surface area contributed by atoms with E-state index in [0.29, 0.717) is 6.04 Å². The van der Waals surface area contributed by atoms with Crippen LogP contribution in [0.1, 0.15) is 33.1 Å². The SMILES string of the molecule is CCC(C)[N-]CCC1=CC=CC1.C[N-]C.C[N-]C.[CH3-].[Hf+4]. The van der Waals surface area contributed by atoms with E-state index in [-0.39, 0.29) is 33.3 Å². The molecule has 0 aromatic heterocycles. The molecule has 0 heterocycles. The van der Waals surface area contributed by atoms with Crippen molar-refractivity contribution in [1.29, 1.82) is 0 Å². The molecule has 1 aliphatic rings. The molecule has 4 heteroatoms. The van der Waals surface area contributed by atoms with Crippen molar-refractivity contribution in [2.75, 3.05) is 34.7 Å². The van der Waals surface area contributed by atoms with E-state index in [2.05, 4.69) is 48.0 Å². The first-order chi connectivity index (χ1) is 8.65. The Morgan fingerprint density at radius 3 is 2.00 bits per heavy atom. The fourth-order valence-electron chi connectivity index (χ4n) is 1.23. The molecule has 0 amide bonds. The van der Waals surface area contributed by atoms with Crippen molar-refractivity contribution in [2.45, 2.75) is 39.2 Å². The van der Waals surface area contributed by atoms with Crippen LogP contribution in [0.25, 0.3) is 16.0 Å². The molecule has 0 bridgehead atoms. The summed E-state index contributed by atoms with van der Waals surface area (Å²) in [5.74, 6) is 0. The summed E-state index contributed by atoms with van der Waals surface area (Å²) in [6.07, 6.45) is 10.0. The maximum absolute atomic E-state index is 4.54. The third kappa shape index (κ3) is 23.3. The van der Waals surface area contributed by atoms with Crippen LogP contribution in [-0.4, -0.2) is 40.8 Å². The van der Waals surface area contributed by atoms with Gasteiger partial charge in [0.25, 0.3) is 0 Å². The van der Waals surface area contributed by atoms with Crippen LogP contribution in [0, 0.1) is 7.43 Å². The van der Waals surface area contributed by atoms with Gasteiger partial charge in [0.15, 0.2) is 0 Å². The Balaban J connectivity index is -0.000000139. The second-order valence-corrected chi connectivity index (χ2v) is 4.27. The van der Waals surface area contributed by atoms with Crippen LogP contribution in [-0.2, 0) is 25.8 Å². The Hall–Kier alpha value is 0.230. The summed E-state index contributed by atoms with van der Waals surface area (Å²) >= 11 is 0. The van der Waals surface area contributed by atoms with Gasteiger partial charge in [-0.3, -0.25) is 0 Å². The quantitative estimate of drug-likeness (QED) is 0.416.